The van der Waals surface area contributed by atoms with Crippen molar-refractivity contribution in [2.24, 2.45) is 0 Å². The molecule has 1 amide bonds. The number of rotatable bonds is 3. The molecule has 1 atom stereocenters. The predicted octanol–water partition coefficient (Wildman–Crippen LogP) is 3.57. The number of carbonyl (C=O) groups is 1. The zero-order valence-corrected chi connectivity index (χ0v) is 11.6. The molecule has 0 spiro atoms. The molecule has 3 rings (SSSR count). The Morgan fingerprint density at radius 1 is 0.905 bits per heavy atom. The summed E-state index contributed by atoms with van der Waals surface area (Å²) in [6.07, 6.45) is 1.75. The summed E-state index contributed by atoms with van der Waals surface area (Å²) in [6, 6.07) is 19.1. The van der Waals surface area contributed by atoms with Crippen molar-refractivity contribution < 1.29 is 4.79 Å². The molecule has 0 aliphatic carbocycles. The van der Waals surface area contributed by atoms with E-state index < -0.39 is 0 Å². The van der Waals surface area contributed by atoms with Crippen LogP contribution in [0.1, 0.15) is 0 Å². The summed E-state index contributed by atoms with van der Waals surface area (Å²) >= 11 is 0. The van der Waals surface area contributed by atoms with E-state index in [9.17, 15) is 4.79 Å². The van der Waals surface area contributed by atoms with Crippen LogP contribution in [-0.2, 0) is 4.79 Å². The van der Waals surface area contributed by atoms with E-state index in [2.05, 4.69) is 13.2 Å². The zero-order chi connectivity index (χ0) is 14.8. The third kappa shape index (κ3) is 2.13. The molecule has 1 aliphatic heterocycles. The van der Waals surface area contributed by atoms with Crippen LogP contribution in [-0.4, -0.2) is 11.9 Å². The highest BCUT2D eigenvalue weighted by Gasteiger charge is 2.40. The van der Waals surface area contributed by atoms with Crippen LogP contribution in [0.4, 0.5) is 11.4 Å². The molecule has 0 radical (unpaired) electrons. The molecule has 1 fully saturated rings. The van der Waals surface area contributed by atoms with Gasteiger partial charge in [-0.3, -0.25) is 9.80 Å². The number of hydrogen-bond donors (Lipinski definition) is 0. The van der Waals surface area contributed by atoms with Crippen LogP contribution in [0.15, 0.2) is 85.5 Å². The second kappa shape index (κ2) is 5.29. The van der Waals surface area contributed by atoms with Crippen LogP contribution in [0.5, 0.6) is 0 Å². The second-order valence-electron chi connectivity index (χ2n) is 4.84. The van der Waals surface area contributed by atoms with E-state index in [1.165, 1.54) is 0 Å². The van der Waals surface area contributed by atoms with Gasteiger partial charge in [-0.1, -0.05) is 49.1 Å². The minimum atomic E-state index is -0.236. The summed E-state index contributed by atoms with van der Waals surface area (Å²) in [7, 11) is 0. The molecule has 2 aromatic carbocycles. The van der Waals surface area contributed by atoms with Gasteiger partial charge in [-0.05, 0) is 24.3 Å². The SMILES string of the molecule is C=CC1C(=C)C(=O)N(c2ccccc2)N1c1ccccc1. The number of benzene rings is 2. The number of hydrogen-bond acceptors (Lipinski definition) is 2. The number of carbonyl (C=O) groups excluding carboxylic acids is 1. The van der Waals surface area contributed by atoms with Gasteiger partial charge in [0.1, 0.15) is 0 Å². The highest BCUT2D eigenvalue weighted by atomic mass is 16.2. The molecule has 3 heteroatoms. The Bertz CT molecular complexity index is 679. The summed E-state index contributed by atoms with van der Waals surface area (Å²) in [6.45, 7) is 7.78. The van der Waals surface area contributed by atoms with E-state index in [0.717, 1.165) is 11.4 Å². The van der Waals surface area contributed by atoms with Gasteiger partial charge < -0.3 is 0 Å². The Morgan fingerprint density at radius 2 is 1.43 bits per heavy atom. The Labute approximate surface area is 124 Å². The first-order chi connectivity index (χ1) is 10.2. The maximum atomic E-state index is 12.6. The van der Waals surface area contributed by atoms with Gasteiger partial charge in [-0.15, -0.1) is 6.58 Å². The van der Waals surface area contributed by atoms with E-state index in [0.29, 0.717) is 5.57 Å². The maximum Gasteiger partial charge on any atom is 0.274 e. The summed E-state index contributed by atoms with van der Waals surface area (Å²) in [5, 5.41) is 3.58. The molecular formula is C18H16N2O. The monoisotopic (exact) mass is 276 g/mol. The number of nitrogens with zero attached hydrogens (tertiary/aromatic N) is 2. The molecule has 2 aromatic rings. The number of para-hydroxylation sites is 2. The standard InChI is InChI=1S/C18H16N2O/c1-3-17-14(2)18(21)20(16-12-8-5-9-13-16)19(17)15-10-6-4-7-11-15/h3-13,17H,1-2H2. The van der Waals surface area contributed by atoms with Crippen molar-refractivity contribution in [2.75, 3.05) is 10.0 Å². The molecule has 104 valence electrons. The van der Waals surface area contributed by atoms with Gasteiger partial charge in [0.25, 0.3) is 5.91 Å². The first-order valence-electron chi connectivity index (χ1n) is 6.79. The van der Waals surface area contributed by atoms with Crippen LogP contribution >= 0.6 is 0 Å². The van der Waals surface area contributed by atoms with Crippen LogP contribution in [0.25, 0.3) is 0 Å². The maximum absolute atomic E-state index is 12.6. The Balaban J connectivity index is 2.13. The molecule has 3 nitrogen and oxygen atoms in total. The van der Waals surface area contributed by atoms with Crippen LogP contribution < -0.4 is 10.0 Å². The molecule has 0 N–H and O–H groups in total. The molecule has 1 heterocycles. The largest absolute Gasteiger partial charge is 0.274 e. The number of amides is 1. The van der Waals surface area contributed by atoms with Gasteiger partial charge in [0.05, 0.1) is 17.4 Å². The zero-order valence-electron chi connectivity index (χ0n) is 11.6. The summed E-state index contributed by atoms with van der Waals surface area (Å²) in [5.74, 6) is -0.102. The fraction of sp³-hybridized carbons (Fsp3) is 0.0556. The lowest BCUT2D eigenvalue weighted by molar-refractivity contribution is -0.114. The van der Waals surface area contributed by atoms with Gasteiger partial charge in [-0.2, -0.15) is 0 Å². The first-order valence-corrected chi connectivity index (χ1v) is 6.79. The van der Waals surface area contributed by atoms with Gasteiger partial charge >= 0.3 is 0 Å². The molecule has 1 unspecified atom stereocenters. The van der Waals surface area contributed by atoms with Crippen molar-refractivity contribution in [1.82, 2.24) is 0 Å². The van der Waals surface area contributed by atoms with Crippen LogP contribution in [0.2, 0.25) is 0 Å². The predicted molar refractivity (Wildman–Crippen MR) is 86.0 cm³/mol. The molecule has 1 saturated heterocycles. The fourth-order valence-electron chi connectivity index (χ4n) is 2.54. The Morgan fingerprint density at radius 3 is 1.95 bits per heavy atom. The third-order valence-electron chi connectivity index (χ3n) is 3.55. The van der Waals surface area contributed by atoms with E-state index in [-0.39, 0.29) is 11.9 Å². The van der Waals surface area contributed by atoms with Gasteiger partial charge in [0.15, 0.2) is 0 Å². The van der Waals surface area contributed by atoms with Crippen molar-refractivity contribution in [3.63, 3.8) is 0 Å². The molecular weight excluding hydrogens is 260 g/mol. The second-order valence-corrected chi connectivity index (χ2v) is 4.84. The van der Waals surface area contributed by atoms with Crippen molar-refractivity contribution >= 4 is 17.3 Å². The van der Waals surface area contributed by atoms with Crippen molar-refractivity contribution in [2.45, 2.75) is 6.04 Å². The molecule has 0 saturated carbocycles. The quantitative estimate of drug-likeness (QED) is 0.632. The first kappa shape index (κ1) is 13.2. The molecule has 0 aromatic heterocycles. The van der Waals surface area contributed by atoms with E-state index in [4.69, 9.17) is 0 Å². The summed E-state index contributed by atoms with van der Waals surface area (Å²) in [5.41, 5.74) is 2.27. The van der Waals surface area contributed by atoms with Crippen LogP contribution in [0.3, 0.4) is 0 Å². The highest BCUT2D eigenvalue weighted by molar-refractivity contribution is 6.12. The minimum absolute atomic E-state index is 0.102. The molecule has 1 aliphatic rings. The van der Waals surface area contributed by atoms with Gasteiger partial charge in [-0.25, -0.2) is 5.01 Å². The topological polar surface area (TPSA) is 23.6 Å². The summed E-state index contributed by atoms with van der Waals surface area (Å²) < 4.78 is 0. The molecule has 21 heavy (non-hydrogen) atoms. The van der Waals surface area contributed by atoms with E-state index >= 15 is 0 Å². The lowest BCUT2D eigenvalue weighted by Gasteiger charge is -2.32. The highest BCUT2D eigenvalue weighted by Crippen LogP contribution is 2.34. The Kier molecular flexibility index (Phi) is 3.32. The van der Waals surface area contributed by atoms with E-state index in [1.807, 2.05) is 65.7 Å². The van der Waals surface area contributed by atoms with Crippen LogP contribution in [0, 0.1) is 0 Å². The van der Waals surface area contributed by atoms with Crippen molar-refractivity contribution in [1.29, 1.82) is 0 Å². The lowest BCUT2D eigenvalue weighted by atomic mass is 10.1. The smallest absolute Gasteiger partial charge is 0.267 e. The molecule has 0 bridgehead atoms. The Hall–Kier alpha value is -2.81. The minimum Gasteiger partial charge on any atom is -0.267 e. The van der Waals surface area contributed by atoms with Crippen molar-refractivity contribution in [3.05, 3.63) is 85.5 Å². The third-order valence-corrected chi connectivity index (χ3v) is 3.55. The van der Waals surface area contributed by atoms with Gasteiger partial charge in [0.2, 0.25) is 0 Å². The van der Waals surface area contributed by atoms with Crippen molar-refractivity contribution in [3.8, 4) is 0 Å². The number of hydrazine groups is 1. The van der Waals surface area contributed by atoms with Gasteiger partial charge in [0, 0.05) is 5.57 Å². The normalized spacial score (nSPS) is 18.2. The number of anilines is 2. The lowest BCUT2D eigenvalue weighted by Crippen LogP contribution is -2.42. The van der Waals surface area contributed by atoms with E-state index in [1.54, 1.807) is 11.1 Å². The summed E-state index contributed by atoms with van der Waals surface area (Å²) in [4.78, 5) is 12.6. The average Bonchev–Trinajstić information content (AvgIpc) is 2.80. The average molecular weight is 276 g/mol. The fourth-order valence-corrected chi connectivity index (χ4v) is 2.54.